The molecule has 0 aliphatic carbocycles. The molecular weight excluding hydrogens is 258 g/mol. The second-order valence-electron chi connectivity index (χ2n) is 4.71. The predicted octanol–water partition coefficient (Wildman–Crippen LogP) is 4.02. The lowest BCUT2D eigenvalue weighted by molar-refractivity contribution is 0.501. The van der Waals surface area contributed by atoms with Crippen molar-refractivity contribution in [1.82, 2.24) is 9.97 Å². The van der Waals surface area contributed by atoms with Crippen LogP contribution in [0.4, 0.5) is 5.69 Å². The molecule has 2 heterocycles. The van der Waals surface area contributed by atoms with Crippen molar-refractivity contribution in [3.05, 3.63) is 40.7 Å². The van der Waals surface area contributed by atoms with Gasteiger partial charge in [0.25, 0.3) is 0 Å². The van der Waals surface area contributed by atoms with Crippen LogP contribution in [-0.4, -0.2) is 9.97 Å². The van der Waals surface area contributed by atoms with Gasteiger partial charge in [-0.15, -0.1) is 11.3 Å². The maximum atomic E-state index is 5.69. The Labute approximate surface area is 115 Å². The van der Waals surface area contributed by atoms with Crippen LogP contribution in [0.25, 0.3) is 11.1 Å². The average molecular weight is 273 g/mol. The van der Waals surface area contributed by atoms with Crippen molar-refractivity contribution in [2.75, 3.05) is 5.32 Å². The van der Waals surface area contributed by atoms with Gasteiger partial charge < -0.3 is 9.73 Å². The Morgan fingerprint density at radius 2 is 2.26 bits per heavy atom. The number of hydrogen-bond acceptors (Lipinski definition) is 5. The van der Waals surface area contributed by atoms with E-state index in [1.807, 2.05) is 29.9 Å². The van der Waals surface area contributed by atoms with Gasteiger partial charge >= 0.3 is 0 Å². The Balaban J connectivity index is 1.80. The zero-order valence-corrected chi connectivity index (χ0v) is 11.7. The fourth-order valence-electron chi connectivity index (χ4n) is 1.82. The van der Waals surface area contributed by atoms with E-state index in [2.05, 4.69) is 29.1 Å². The monoisotopic (exact) mass is 273 g/mol. The molecule has 0 saturated carbocycles. The predicted molar refractivity (Wildman–Crippen MR) is 77.5 cm³/mol. The van der Waals surface area contributed by atoms with Gasteiger partial charge in [0.15, 0.2) is 11.5 Å². The largest absolute Gasteiger partial charge is 0.440 e. The molecule has 0 amide bonds. The Morgan fingerprint density at radius 3 is 3.00 bits per heavy atom. The summed E-state index contributed by atoms with van der Waals surface area (Å²) in [6.45, 7) is 4.94. The molecule has 0 bridgehead atoms. The van der Waals surface area contributed by atoms with Crippen LogP contribution in [0.2, 0.25) is 0 Å². The van der Waals surface area contributed by atoms with Crippen molar-refractivity contribution in [2.24, 2.45) is 0 Å². The Hall–Kier alpha value is -1.88. The molecule has 1 N–H and O–H groups in total. The molecule has 98 valence electrons. The Kier molecular flexibility index (Phi) is 3.21. The van der Waals surface area contributed by atoms with E-state index in [1.165, 1.54) is 4.88 Å². The van der Waals surface area contributed by atoms with Crippen molar-refractivity contribution in [3.63, 3.8) is 0 Å². The number of benzene rings is 1. The van der Waals surface area contributed by atoms with E-state index in [0.717, 1.165) is 29.2 Å². The summed E-state index contributed by atoms with van der Waals surface area (Å²) in [6.07, 6.45) is 1.88. The summed E-state index contributed by atoms with van der Waals surface area (Å²) in [6, 6.07) is 5.99. The maximum absolute atomic E-state index is 5.69. The lowest BCUT2D eigenvalue weighted by atomic mass is 10.2. The maximum Gasteiger partial charge on any atom is 0.198 e. The van der Waals surface area contributed by atoms with Gasteiger partial charge in [0.1, 0.15) is 5.52 Å². The molecule has 4 nitrogen and oxygen atoms in total. The first-order valence-corrected chi connectivity index (χ1v) is 7.12. The molecule has 0 saturated heterocycles. The fraction of sp³-hybridized carbons (Fsp3) is 0.286. The molecule has 1 aromatic carbocycles. The van der Waals surface area contributed by atoms with Gasteiger partial charge in [-0.2, -0.15) is 0 Å². The van der Waals surface area contributed by atoms with Crippen LogP contribution < -0.4 is 5.32 Å². The highest BCUT2D eigenvalue weighted by Crippen LogP contribution is 2.24. The van der Waals surface area contributed by atoms with Gasteiger partial charge in [-0.05, 0) is 18.2 Å². The highest BCUT2D eigenvalue weighted by Gasteiger charge is 2.09. The van der Waals surface area contributed by atoms with Crippen LogP contribution in [-0.2, 0) is 6.54 Å². The van der Waals surface area contributed by atoms with Crippen LogP contribution in [0.5, 0.6) is 0 Å². The van der Waals surface area contributed by atoms with Crippen molar-refractivity contribution >= 4 is 28.1 Å². The first-order valence-electron chi connectivity index (χ1n) is 6.24. The van der Waals surface area contributed by atoms with E-state index in [0.29, 0.717) is 5.92 Å². The highest BCUT2D eigenvalue weighted by molar-refractivity contribution is 7.09. The lowest BCUT2D eigenvalue weighted by Gasteiger charge is -2.03. The minimum absolute atomic E-state index is 0.306. The summed E-state index contributed by atoms with van der Waals surface area (Å²) < 4.78 is 5.69. The molecule has 2 aromatic heterocycles. The van der Waals surface area contributed by atoms with Crippen molar-refractivity contribution in [1.29, 1.82) is 0 Å². The molecule has 0 aliphatic heterocycles. The zero-order valence-electron chi connectivity index (χ0n) is 10.9. The van der Waals surface area contributed by atoms with Gasteiger partial charge in [0.05, 0.1) is 12.1 Å². The second-order valence-corrected chi connectivity index (χ2v) is 5.68. The number of rotatable bonds is 4. The summed E-state index contributed by atoms with van der Waals surface area (Å²) in [5.41, 5.74) is 4.63. The van der Waals surface area contributed by atoms with Crippen LogP contribution in [0.1, 0.15) is 30.5 Å². The molecule has 3 rings (SSSR count). The minimum atomic E-state index is 0.306. The molecule has 0 spiro atoms. The topological polar surface area (TPSA) is 51.0 Å². The average Bonchev–Trinajstić information content (AvgIpc) is 3.04. The number of hydrogen-bond donors (Lipinski definition) is 1. The van der Waals surface area contributed by atoms with Gasteiger partial charge in [-0.1, -0.05) is 13.8 Å². The van der Waals surface area contributed by atoms with E-state index in [9.17, 15) is 0 Å². The second kappa shape index (κ2) is 5.01. The molecule has 0 atom stereocenters. The Bertz CT molecular complexity index is 673. The van der Waals surface area contributed by atoms with Crippen LogP contribution in [0.3, 0.4) is 0 Å². The minimum Gasteiger partial charge on any atom is -0.440 e. The summed E-state index contributed by atoms with van der Waals surface area (Å²) in [4.78, 5) is 9.77. The van der Waals surface area contributed by atoms with E-state index < -0.39 is 0 Å². The van der Waals surface area contributed by atoms with Crippen molar-refractivity contribution < 1.29 is 4.42 Å². The summed E-state index contributed by atoms with van der Waals surface area (Å²) in [7, 11) is 0. The fourth-order valence-corrected chi connectivity index (χ4v) is 2.36. The third kappa shape index (κ3) is 2.61. The quantitative estimate of drug-likeness (QED) is 0.780. The van der Waals surface area contributed by atoms with E-state index in [4.69, 9.17) is 4.42 Å². The smallest absolute Gasteiger partial charge is 0.198 e. The molecule has 0 fully saturated rings. The number of nitrogens with zero attached hydrogens (tertiary/aromatic N) is 2. The number of fused-ring (bicyclic) bond motifs is 1. The highest BCUT2D eigenvalue weighted by atomic mass is 32.1. The van der Waals surface area contributed by atoms with Crippen LogP contribution >= 0.6 is 11.3 Å². The molecule has 0 aliphatic rings. The van der Waals surface area contributed by atoms with Gasteiger partial charge in [0.2, 0.25) is 0 Å². The van der Waals surface area contributed by atoms with Crippen molar-refractivity contribution in [2.45, 2.75) is 26.3 Å². The molecule has 0 unspecified atom stereocenters. The molecule has 5 heteroatoms. The molecular formula is C14H15N3OS. The molecule has 3 aromatic rings. The van der Waals surface area contributed by atoms with Crippen LogP contribution in [0, 0.1) is 0 Å². The summed E-state index contributed by atoms with van der Waals surface area (Å²) in [5.74, 6) is 1.09. The first kappa shape index (κ1) is 12.2. The summed E-state index contributed by atoms with van der Waals surface area (Å²) in [5, 5.41) is 3.37. The van der Waals surface area contributed by atoms with Crippen molar-refractivity contribution in [3.8, 4) is 0 Å². The zero-order chi connectivity index (χ0) is 13.2. The normalized spacial score (nSPS) is 11.3. The van der Waals surface area contributed by atoms with Gasteiger partial charge in [0, 0.05) is 22.7 Å². The van der Waals surface area contributed by atoms with E-state index in [1.54, 1.807) is 11.3 Å². The number of aromatic nitrogens is 2. The standard InChI is InChI=1S/C14H15N3OS/c1-9(2)14-17-12-5-10(3-4-13(12)18-14)16-7-11-6-15-8-19-11/h3-6,8-9,16H,7H2,1-2H3. The van der Waals surface area contributed by atoms with Crippen LogP contribution in [0.15, 0.2) is 34.3 Å². The number of nitrogens with one attached hydrogen (secondary N) is 1. The SMILES string of the molecule is CC(C)c1nc2cc(NCc3cncs3)ccc2o1. The third-order valence-corrected chi connectivity index (χ3v) is 3.63. The van der Waals surface area contributed by atoms with E-state index in [-0.39, 0.29) is 0 Å². The lowest BCUT2D eigenvalue weighted by Crippen LogP contribution is -1.96. The number of oxazole rings is 1. The first-order chi connectivity index (χ1) is 9.22. The third-order valence-electron chi connectivity index (χ3n) is 2.85. The number of thiazole rings is 1. The molecule has 19 heavy (non-hydrogen) atoms. The molecule has 0 radical (unpaired) electrons. The summed E-state index contributed by atoms with van der Waals surface area (Å²) >= 11 is 1.65. The van der Waals surface area contributed by atoms with Gasteiger partial charge in [-0.3, -0.25) is 4.98 Å². The van der Waals surface area contributed by atoms with E-state index >= 15 is 0 Å². The Morgan fingerprint density at radius 1 is 1.37 bits per heavy atom. The number of anilines is 1. The van der Waals surface area contributed by atoms with Gasteiger partial charge in [-0.25, -0.2) is 4.98 Å².